The Labute approximate surface area is 149 Å². The smallest absolute Gasteiger partial charge is 0.329 e. The highest BCUT2D eigenvalue weighted by atomic mass is 32.2. The molecule has 0 aliphatic rings. The summed E-state index contributed by atoms with van der Waals surface area (Å²) in [5.74, 6) is 0. The van der Waals surface area contributed by atoms with Crippen LogP contribution < -0.4 is 4.90 Å². The summed E-state index contributed by atoms with van der Waals surface area (Å²) in [6.07, 6.45) is -0.493. The van der Waals surface area contributed by atoms with Crippen LogP contribution in [0.5, 0.6) is 0 Å². The maximum atomic E-state index is 14.6. The van der Waals surface area contributed by atoms with E-state index in [-0.39, 0.29) is 22.4 Å². The number of benzene rings is 2. The van der Waals surface area contributed by atoms with Gasteiger partial charge in [-0.25, -0.2) is 4.98 Å². The van der Waals surface area contributed by atoms with Crippen molar-refractivity contribution in [3.63, 3.8) is 0 Å². The first-order chi connectivity index (χ1) is 11.9. The molecule has 25 heavy (non-hydrogen) atoms. The fourth-order valence-corrected chi connectivity index (χ4v) is 3.50. The van der Waals surface area contributed by atoms with Gasteiger partial charge in [-0.1, -0.05) is 36.4 Å². The molecule has 0 amide bonds. The molecule has 0 fully saturated rings. The molecule has 1 atom stereocenters. The highest BCUT2D eigenvalue weighted by molar-refractivity contribution is 8.00. The van der Waals surface area contributed by atoms with Crippen LogP contribution in [0.2, 0.25) is 0 Å². The summed E-state index contributed by atoms with van der Waals surface area (Å²) in [4.78, 5) is 5.82. The number of fused-ring (bicyclic) bond motifs is 1. The van der Waals surface area contributed by atoms with Crippen molar-refractivity contribution in [3.05, 3.63) is 66.4 Å². The summed E-state index contributed by atoms with van der Waals surface area (Å²) < 4.78 is 29.3. The summed E-state index contributed by atoms with van der Waals surface area (Å²) >= 11 is 0.263. The van der Waals surface area contributed by atoms with E-state index >= 15 is 0 Å². The molecule has 0 aliphatic heterocycles. The molecular formula is C19H18F2N2OS. The van der Waals surface area contributed by atoms with Crippen LogP contribution in [0.25, 0.3) is 10.8 Å². The molecule has 3 nitrogen and oxygen atoms in total. The van der Waals surface area contributed by atoms with Crippen molar-refractivity contribution >= 4 is 28.2 Å². The zero-order valence-corrected chi connectivity index (χ0v) is 14.7. The van der Waals surface area contributed by atoms with E-state index in [0.717, 1.165) is 11.1 Å². The number of aliphatic hydroxyl groups is 1. The standard InChI is InChI=1S/C19H18F2N2OS/c1-23(2)16-11-10-15(13-7-3-4-8-14(13)16)18(24)19(20,21)25-17-9-5-6-12-22-17/h3-12,18,24H,1-2H3. The van der Waals surface area contributed by atoms with Gasteiger partial charge in [0.05, 0.1) is 0 Å². The van der Waals surface area contributed by atoms with Gasteiger partial charge in [-0.15, -0.1) is 0 Å². The summed E-state index contributed by atoms with van der Waals surface area (Å²) in [5, 5.41) is 8.62. The minimum Gasteiger partial charge on any atom is -0.381 e. The second-order valence-corrected chi connectivity index (χ2v) is 7.02. The molecule has 6 heteroatoms. The SMILES string of the molecule is CN(C)c1ccc(C(O)C(F)(F)Sc2ccccn2)c2ccccc12. The second-order valence-electron chi connectivity index (χ2n) is 5.85. The first kappa shape index (κ1) is 17.6. The zero-order valence-electron chi connectivity index (χ0n) is 13.9. The molecule has 0 radical (unpaired) electrons. The lowest BCUT2D eigenvalue weighted by Crippen LogP contribution is -2.23. The molecule has 1 heterocycles. The van der Waals surface area contributed by atoms with Gasteiger partial charge < -0.3 is 10.0 Å². The van der Waals surface area contributed by atoms with Gasteiger partial charge in [0, 0.05) is 31.4 Å². The van der Waals surface area contributed by atoms with E-state index in [9.17, 15) is 13.9 Å². The summed E-state index contributed by atoms with van der Waals surface area (Å²) in [5.41, 5.74) is 1.11. The fourth-order valence-electron chi connectivity index (χ4n) is 2.72. The van der Waals surface area contributed by atoms with E-state index in [1.165, 1.54) is 12.3 Å². The van der Waals surface area contributed by atoms with Crippen molar-refractivity contribution in [1.29, 1.82) is 0 Å². The third-order valence-electron chi connectivity index (χ3n) is 3.91. The van der Waals surface area contributed by atoms with Crippen LogP contribution in [0.15, 0.2) is 65.8 Å². The predicted molar refractivity (Wildman–Crippen MR) is 98.3 cm³/mol. The van der Waals surface area contributed by atoms with Crippen molar-refractivity contribution in [2.75, 3.05) is 19.0 Å². The number of alkyl halides is 2. The number of hydrogen-bond donors (Lipinski definition) is 1. The quantitative estimate of drug-likeness (QED) is 0.668. The monoisotopic (exact) mass is 360 g/mol. The number of nitrogens with zero attached hydrogens (tertiary/aromatic N) is 2. The average Bonchev–Trinajstić information content (AvgIpc) is 2.60. The molecule has 3 rings (SSSR count). The first-order valence-electron chi connectivity index (χ1n) is 7.75. The predicted octanol–water partition coefficient (Wildman–Crippen LogP) is 4.72. The van der Waals surface area contributed by atoms with Crippen LogP contribution in [-0.2, 0) is 0 Å². The molecule has 1 unspecified atom stereocenters. The van der Waals surface area contributed by atoms with Crippen molar-refractivity contribution < 1.29 is 13.9 Å². The molecule has 0 bridgehead atoms. The van der Waals surface area contributed by atoms with Crippen molar-refractivity contribution in [1.82, 2.24) is 4.98 Å². The molecule has 2 aromatic carbocycles. The van der Waals surface area contributed by atoms with Crippen LogP contribution in [-0.4, -0.2) is 29.4 Å². The van der Waals surface area contributed by atoms with Crippen molar-refractivity contribution in [3.8, 4) is 0 Å². The lowest BCUT2D eigenvalue weighted by atomic mass is 9.98. The van der Waals surface area contributed by atoms with Gasteiger partial charge in [0.1, 0.15) is 5.03 Å². The normalized spacial score (nSPS) is 13.0. The van der Waals surface area contributed by atoms with E-state index in [2.05, 4.69) is 4.98 Å². The van der Waals surface area contributed by atoms with Gasteiger partial charge in [0.25, 0.3) is 0 Å². The Morgan fingerprint density at radius 2 is 1.68 bits per heavy atom. The van der Waals surface area contributed by atoms with E-state index in [4.69, 9.17) is 0 Å². The van der Waals surface area contributed by atoms with Crippen LogP contribution >= 0.6 is 11.8 Å². The van der Waals surface area contributed by atoms with Crippen LogP contribution in [0.4, 0.5) is 14.5 Å². The molecule has 0 spiro atoms. The van der Waals surface area contributed by atoms with Gasteiger partial charge >= 0.3 is 5.25 Å². The highest BCUT2D eigenvalue weighted by Gasteiger charge is 2.42. The minimum absolute atomic E-state index is 0.167. The lowest BCUT2D eigenvalue weighted by molar-refractivity contribution is -0.0348. The highest BCUT2D eigenvalue weighted by Crippen LogP contribution is 2.46. The minimum atomic E-state index is -3.41. The van der Waals surface area contributed by atoms with Crippen LogP contribution in [0, 0.1) is 0 Å². The molecule has 1 N–H and O–H groups in total. The number of aliphatic hydroxyl groups excluding tert-OH is 1. The van der Waals surface area contributed by atoms with E-state index in [1.54, 1.807) is 36.4 Å². The number of aromatic nitrogens is 1. The summed E-state index contributed by atoms with van der Waals surface area (Å²) in [7, 11) is 3.78. The number of hydrogen-bond acceptors (Lipinski definition) is 4. The molecule has 0 saturated carbocycles. The zero-order chi connectivity index (χ0) is 18.0. The Morgan fingerprint density at radius 1 is 1.00 bits per heavy atom. The number of anilines is 1. The van der Waals surface area contributed by atoms with E-state index in [1.807, 2.05) is 31.1 Å². The second kappa shape index (κ2) is 6.98. The maximum absolute atomic E-state index is 14.6. The Hall–Kier alpha value is -2.18. The first-order valence-corrected chi connectivity index (χ1v) is 8.56. The summed E-state index contributed by atoms with van der Waals surface area (Å²) in [6, 6.07) is 15.4. The van der Waals surface area contributed by atoms with Gasteiger partial charge in [-0.05, 0) is 40.9 Å². The van der Waals surface area contributed by atoms with Gasteiger partial charge in [-0.2, -0.15) is 8.78 Å². The molecule has 0 saturated heterocycles. The van der Waals surface area contributed by atoms with Gasteiger partial charge in [-0.3, -0.25) is 0 Å². The summed E-state index contributed by atoms with van der Waals surface area (Å²) in [6.45, 7) is 0. The van der Waals surface area contributed by atoms with Crippen LogP contribution in [0.3, 0.4) is 0 Å². The molecular weight excluding hydrogens is 342 g/mol. The number of pyridine rings is 1. The van der Waals surface area contributed by atoms with Crippen molar-refractivity contribution in [2.45, 2.75) is 16.4 Å². The van der Waals surface area contributed by atoms with Gasteiger partial charge in [0.15, 0.2) is 6.10 Å². The molecule has 3 aromatic rings. The lowest BCUT2D eigenvalue weighted by Gasteiger charge is -2.24. The Morgan fingerprint density at radius 3 is 2.32 bits per heavy atom. The number of halogens is 2. The molecule has 0 aliphatic carbocycles. The van der Waals surface area contributed by atoms with E-state index in [0.29, 0.717) is 5.39 Å². The largest absolute Gasteiger partial charge is 0.381 e. The Balaban J connectivity index is 2.02. The maximum Gasteiger partial charge on any atom is 0.329 e. The average molecular weight is 360 g/mol. The fraction of sp³-hybridized carbons (Fsp3) is 0.211. The Kier molecular flexibility index (Phi) is 4.92. The number of thioether (sulfide) groups is 1. The van der Waals surface area contributed by atoms with Gasteiger partial charge in [0.2, 0.25) is 0 Å². The van der Waals surface area contributed by atoms with E-state index < -0.39 is 11.4 Å². The third-order valence-corrected chi connectivity index (χ3v) is 4.85. The molecule has 1 aromatic heterocycles. The Bertz CT molecular complexity index is 872. The molecule has 130 valence electrons. The van der Waals surface area contributed by atoms with Crippen molar-refractivity contribution in [2.24, 2.45) is 0 Å². The third kappa shape index (κ3) is 3.60. The number of rotatable bonds is 5. The van der Waals surface area contributed by atoms with Crippen LogP contribution in [0.1, 0.15) is 11.7 Å². The topological polar surface area (TPSA) is 36.4 Å².